The molecule has 0 aliphatic rings. The molecule has 1 aromatic carbocycles. The highest BCUT2D eigenvalue weighted by Gasteiger charge is 2.07. The van der Waals surface area contributed by atoms with E-state index in [9.17, 15) is 0 Å². The van der Waals surface area contributed by atoms with Gasteiger partial charge in [-0.05, 0) is 37.5 Å². The van der Waals surface area contributed by atoms with Crippen LogP contribution in [0.4, 0.5) is 0 Å². The van der Waals surface area contributed by atoms with Gasteiger partial charge in [-0.2, -0.15) is 0 Å². The molecule has 2 atom stereocenters. The monoisotopic (exact) mass is 273 g/mol. The Labute approximate surface area is 120 Å². The third-order valence-electron chi connectivity index (χ3n) is 3.58. The van der Waals surface area contributed by atoms with Crippen LogP contribution in [0.1, 0.15) is 31.3 Å². The summed E-state index contributed by atoms with van der Waals surface area (Å²) in [5, 5.41) is 12.5. The Morgan fingerprint density at radius 3 is 2.50 bits per heavy atom. The minimum Gasteiger partial charge on any atom is -0.396 e. The molecule has 0 saturated carbocycles. The Hall–Kier alpha value is -1.65. The molecule has 0 radical (unpaired) electrons. The van der Waals surface area contributed by atoms with Crippen LogP contribution in [0.2, 0.25) is 0 Å². The largest absolute Gasteiger partial charge is 0.396 e. The van der Waals surface area contributed by atoms with Crippen LogP contribution in [-0.2, 0) is 0 Å². The van der Waals surface area contributed by atoms with Gasteiger partial charge in [0, 0.05) is 37.3 Å². The zero-order valence-corrected chi connectivity index (χ0v) is 12.4. The lowest BCUT2D eigenvalue weighted by molar-refractivity contribution is 0.231. The lowest BCUT2D eigenvalue weighted by Crippen LogP contribution is -2.26. The van der Waals surface area contributed by atoms with Gasteiger partial charge in [0.1, 0.15) is 5.82 Å². The summed E-state index contributed by atoms with van der Waals surface area (Å²) in [6.07, 6.45) is 3.78. The summed E-state index contributed by atoms with van der Waals surface area (Å²) < 4.78 is 2.07. The molecule has 20 heavy (non-hydrogen) atoms. The third kappa shape index (κ3) is 3.46. The van der Waals surface area contributed by atoms with Gasteiger partial charge in [0.25, 0.3) is 0 Å². The second kappa shape index (κ2) is 6.68. The van der Waals surface area contributed by atoms with Crippen LogP contribution in [0, 0.1) is 12.8 Å². The summed E-state index contributed by atoms with van der Waals surface area (Å²) >= 11 is 0. The zero-order valence-electron chi connectivity index (χ0n) is 12.4. The van der Waals surface area contributed by atoms with Gasteiger partial charge in [0.05, 0.1) is 0 Å². The Morgan fingerprint density at radius 2 is 1.95 bits per heavy atom. The number of hydrogen-bond acceptors (Lipinski definition) is 3. The van der Waals surface area contributed by atoms with Crippen LogP contribution in [0.15, 0.2) is 36.7 Å². The minimum atomic E-state index is 0.221. The molecule has 0 aliphatic carbocycles. The van der Waals surface area contributed by atoms with E-state index in [0.29, 0.717) is 0 Å². The molecule has 2 aromatic rings. The van der Waals surface area contributed by atoms with E-state index in [0.717, 1.165) is 18.1 Å². The van der Waals surface area contributed by atoms with Gasteiger partial charge in [-0.15, -0.1) is 0 Å². The van der Waals surface area contributed by atoms with Crippen LogP contribution < -0.4 is 5.32 Å². The third-order valence-corrected chi connectivity index (χ3v) is 3.58. The molecular weight excluding hydrogens is 250 g/mol. The van der Waals surface area contributed by atoms with Crippen molar-refractivity contribution in [2.75, 3.05) is 13.2 Å². The predicted molar refractivity (Wildman–Crippen MR) is 81.0 cm³/mol. The van der Waals surface area contributed by atoms with Crippen LogP contribution >= 0.6 is 0 Å². The number of aryl methyl sites for hydroxylation is 1. The summed E-state index contributed by atoms with van der Waals surface area (Å²) in [5.74, 6) is 1.27. The van der Waals surface area contributed by atoms with Crippen molar-refractivity contribution in [2.24, 2.45) is 5.92 Å². The van der Waals surface area contributed by atoms with Gasteiger partial charge in [0.2, 0.25) is 0 Å². The first-order valence-corrected chi connectivity index (χ1v) is 7.06. The molecular formula is C16H23N3O. The second-order valence-corrected chi connectivity index (χ2v) is 5.35. The van der Waals surface area contributed by atoms with Crippen LogP contribution in [0.5, 0.6) is 0 Å². The number of rotatable bonds is 6. The van der Waals surface area contributed by atoms with Crippen LogP contribution in [-0.4, -0.2) is 27.8 Å². The molecule has 108 valence electrons. The highest BCUT2D eigenvalue weighted by molar-refractivity contribution is 5.36. The van der Waals surface area contributed by atoms with E-state index in [4.69, 9.17) is 5.11 Å². The Morgan fingerprint density at radius 1 is 1.25 bits per heavy atom. The van der Waals surface area contributed by atoms with Crippen molar-refractivity contribution in [1.29, 1.82) is 0 Å². The fourth-order valence-corrected chi connectivity index (χ4v) is 2.13. The number of imidazole rings is 1. The number of nitrogens with zero attached hydrogens (tertiary/aromatic N) is 2. The summed E-state index contributed by atoms with van der Waals surface area (Å²) in [4.78, 5) is 4.24. The van der Waals surface area contributed by atoms with Gasteiger partial charge in [0.15, 0.2) is 0 Å². The lowest BCUT2D eigenvalue weighted by atomic mass is 10.1. The van der Waals surface area contributed by atoms with Gasteiger partial charge in [-0.1, -0.05) is 19.1 Å². The Kier molecular flexibility index (Phi) is 4.93. The highest BCUT2D eigenvalue weighted by atomic mass is 16.3. The second-order valence-electron chi connectivity index (χ2n) is 5.35. The van der Waals surface area contributed by atoms with Crippen molar-refractivity contribution in [1.82, 2.24) is 14.9 Å². The molecule has 2 unspecified atom stereocenters. The summed E-state index contributed by atoms with van der Waals surface area (Å²) in [6.45, 7) is 7.21. The molecule has 4 heteroatoms. The van der Waals surface area contributed by atoms with E-state index in [1.807, 2.05) is 26.2 Å². The van der Waals surface area contributed by atoms with E-state index >= 15 is 0 Å². The van der Waals surface area contributed by atoms with Gasteiger partial charge < -0.3 is 15.0 Å². The molecule has 0 amide bonds. The number of hydrogen-bond donors (Lipinski definition) is 2. The normalized spacial score (nSPS) is 14.2. The van der Waals surface area contributed by atoms with Gasteiger partial charge in [-0.3, -0.25) is 0 Å². The van der Waals surface area contributed by atoms with Gasteiger partial charge in [-0.25, -0.2) is 4.98 Å². The minimum absolute atomic E-state index is 0.221. The first-order valence-electron chi connectivity index (χ1n) is 7.06. The number of aliphatic hydroxyl groups excluding tert-OH is 1. The number of benzene rings is 1. The van der Waals surface area contributed by atoms with E-state index in [2.05, 4.69) is 46.1 Å². The molecule has 1 aromatic heterocycles. The molecule has 0 aliphatic heterocycles. The molecule has 0 spiro atoms. The van der Waals surface area contributed by atoms with E-state index in [-0.39, 0.29) is 18.6 Å². The molecule has 2 N–H and O–H groups in total. The Bertz CT molecular complexity index is 533. The first-order chi connectivity index (χ1) is 9.61. The maximum atomic E-state index is 9.04. The average Bonchev–Trinajstić information content (AvgIpc) is 2.90. The zero-order chi connectivity index (χ0) is 14.5. The van der Waals surface area contributed by atoms with Crippen molar-refractivity contribution in [3.05, 3.63) is 48.0 Å². The lowest BCUT2D eigenvalue weighted by Gasteiger charge is -2.17. The van der Waals surface area contributed by atoms with Crippen molar-refractivity contribution < 1.29 is 5.11 Å². The molecule has 2 rings (SSSR count). The summed E-state index contributed by atoms with van der Waals surface area (Å²) in [5.41, 5.74) is 2.37. The highest BCUT2D eigenvalue weighted by Crippen LogP contribution is 2.16. The quantitative estimate of drug-likeness (QED) is 0.850. The molecule has 0 bridgehead atoms. The predicted octanol–water partition coefficient (Wildman–Crippen LogP) is 2.46. The first kappa shape index (κ1) is 14.8. The molecule has 0 saturated heterocycles. The van der Waals surface area contributed by atoms with E-state index in [1.165, 1.54) is 5.56 Å². The fraction of sp³-hybridized carbons (Fsp3) is 0.438. The molecule has 0 fully saturated rings. The fourth-order valence-electron chi connectivity index (χ4n) is 2.13. The van der Waals surface area contributed by atoms with Crippen molar-refractivity contribution in [3.63, 3.8) is 0 Å². The smallest absolute Gasteiger partial charge is 0.110 e. The molecule has 1 heterocycles. The van der Waals surface area contributed by atoms with E-state index in [1.54, 1.807) is 0 Å². The van der Waals surface area contributed by atoms with E-state index < -0.39 is 0 Å². The Balaban J connectivity index is 2.03. The van der Waals surface area contributed by atoms with Crippen LogP contribution in [0.25, 0.3) is 5.69 Å². The number of aliphatic hydroxyl groups is 1. The van der Waals surface area contributed by atoms with Crippen LogP contribution in [0.3, 0.4) is 0 Å². The topological polar surface area (TPSA) is 50.1 Å². The maximum Gasteiger partial charge on any atom is 0.110 e. The summed E-state index contributed by atoms with van der Waals surface area (Å²) in [7, 11) is 0. The van der Waals surface area contributed by atoms with Crippen molar-refractivity contribution >= 4 is 0 Å². The number of aromatic nitrogens is 2. The standard InChI is InChI=1S/C16H23N3O/c1-12(11-20)10-18-13(2)15-4-6-16(7-5-15)19-9-8-17-14(19)3/h4-9,12-13,18,20H,10-11H2,1-3H3. The maximum absolute atomic E-state index is 9.04. The van der Waals surface area contributed by atoms with Gasteiger partial charge >= 0.3 is 0 Å². The SMILES string of the molecule is Cc1nccn1-c1ccc(C(C)NCC(C)CO)cc1. The van der Waals surface area contributed by atoms with Crippen molar-refractivity contribution in [3.8, 4) is 5.69 Å². The van der Waals surface area contributed by atoms with Crippen molar-refractivity contribution in [2.45, 2.75) is 26.8 Å². The average molecular weight is 273 g/mol. The summed E-state index contributed by atoms with van der Waals surface area (Å²) in [6, 6.07) is 8.77. The number of nitrogens with one attached hydrogen (secondary N) is 1. The molecule has 4 nitrogen and oxygen atoms in total.